The van der Waals surface area contributed by atoms with Crippen LogP contribution in [0.2, 0.25) is 0 Å². The molecule has 474 valence electrons. The SMILES string of the molecule is CC/C=C\C/C=C\C/C=C\C/C=C\C/C=C\C/C=C\C/C=C\C/C=C\CCCCCCCCC(=O)NC(COP(=O)(O)OCC[N+](C)(C)C)C(O)/C=C/CCCCCCCCCCCCCCCCCCCCCCCCCCCCC. The van der Waals surface area contributed by atoms with Crippen molar-refractivity contribution in [3.63, 3.8) is 0 Å². The smallest absolute Gasteiger partial charge is 0.387 e. The van der Waals surface area contributed by atoms with Crippen LogP contribution in [0.15, 0.2) is 109 Å². The maximum absolute atomic E-state index is 13.0. The molecule has 0 aromatic rings. The molecule has 0 saturated carbocycles. The highest BCUT2D eigenvalue weighted by Gasteiger charge is 2.28. The van der Waals surface area contributed by atoms with Crippen LogP contribution in [-0.4, -0.2) is 73.4 Å². The number of aliphatic hydroxyl groups excluding tert-OH is 1. The lowest BCUT2D eigenvalue weighted by Gasteiger charge is -2.25. The topological polar surface area (TPSA) is 105 Å². The van der Waals surface area contributed by atoms with Gasteiger partial charge in [0.25, 0.3) is 0 Å². The van der Waals surface area contributed by atoms with Crippen molar-refractivity contribution in [2.45, 2.75) is 309 Å². The van der Waals surface area contributed by atoms with E-state index < -0.39 is 20.0 Å². The number of likely N-dealkylation sites (N-methyl/N-ethyl adjacent to an activating group) is 1. The van der Waals surface area contributed by atoms with E-state index in [1.807, 2.05) is 27.2 Å². The molecule has 9 heteroatoms. The molecule has 0 aliphatic rings. The second kappa shape index (κ2) is 62.7. The Morgan fingerprint density at radius 1 is 0.427 bits per heavy atom. The standard InChI is InChI=1S/C73H131N2O6P/c1-6-8-10-12-14-16-18-20-22-24-26-28-30-32-34-36-37-39-41-43-45-47-49-51-53-55-57-59-61-63-65-67-73(77)74-71(70-81-82(78,79)80-69-68-75(3,4)5)72(76)66-64-62-60-58-56-54-52-50-48-46-44-42-40-38-35-33-31-29-27-25-23-21-19-17-15-13-11-9-7-2/h8,10,14,16,20,22,26,28,32,34,37,39,43,45,49,51,64,66,71-72,76H,6-7,9,11-13,15,17-19,21,23-25,27,29-31,33,35-36,38,40-42,44,46-48,50,52-63,65,67-70H2,1-5H3,(H-,74,77,78,79)/p+1/b10-8-,16-14-,22-20-,28-26-,34-32-,39-37-,45-43-,51-49-,66-64+. The summed E-state index contributed by atoms with van der Waals surface area (Å²) in [7, 11) is 1.55. The number of nitrogens with zero attached hydrogens (tertiary/aromatic N) is 1. The Balaban J connectivity index is 4.18. The Bertz CT molecular complexity index is 1700. The summed E-state index contributed by atoms with van der Waals surface area (Å²) in [5, 5.41) is 14.0. The number of nitrogens with one attached hydrogen (secondary N) is 1. The minimum absolute atomic E-state index is 0.0531. The highest BCUT2D eigenvalue weighted by molar-refractivity contribution is 7.47. The van der Waals surface area contributed by atoms with E-state index in [1.165, 1.54) is 173 Å². The van der Waals surface area contributed by atoms with Gasteiger partial charge in [-0.05, 0) is 83.5 Å². The fourth-order valence-corrected chi connectivity index (χ4v) is 10.4. The molecule has 0 saturated heterocycles. The zero-order valence-electron chi connectivity index (χ0n) is 54.2. The summed E-state index contributed by atoms with van der Waals surface area (Å²) >= 11 is 0. The second-order valence-corrected chi connectivity index (χ2v) is 25.6. The van der Waals surface area contributed by atoms with Crippen LogP contribution in [0.4, 0.5) is 0 Å². The van der Waals surface area contributed by atoms with Gasteiger partial charge < -0.3 is 19.8 Å². The molecule has 0 aliphatic heterocycles. The van der Waals surface area contributed by atoms with E-state index in [0.717, 1.165) is 103 Å². The van der Waals surface area contributed by atoms with Crippen molar-refractivity contribution < 1.29 is 32.9 Å². The molecular weight excluding hydrogens is 1030 g/mol. The molecular formula is C73H132N2O6P+. The molecule has 0 spiro atoms. The van der Waals surface area contributed by atoms with Gasteiger partial charge in [0.05, 0.1) is 39.9 Å². The van der Waals surface area contributed by atoms with E-state index in [0.29, 0.717) is 17.4 Å². The van der Waals surface area contributed by atoms with Crippen molar-refractivity contribution >= 4 is 13.7 Å². The molecule has 82 heavy (non-hydrogen) atoms. The molecule has 3 atom stereocenters. The van der Waals surface area contributed by atoms with Crippen molar-refractivity contribution in [3.05, 3.63) is 109 Å². The third kappa shape index (κ3) is 64.7. The largest absolute Gasteiger partial charge is 0.472 e. The summed E-state index contributed by atoms with van der Waals surface area (Å²) < 4.78 is 23.8. The first-order chi connectivity index (χ1) is 40.0. The molecule has 0 fully saturated rings. The van der Waals surface area contributed by atoms with E-state index in [2.05, 4.69) is 116 Å². The molecule has 0 aromatic heterocycles. The number of unbranched alkanes of at least 4 members (excludes halogenated alkanes) is 33. The number of phosphoric acid groups is 1. The number of rotatable bonds is 62. The number of amides is 1. The van der Waals surface area contributed by atoms with Crippen LogP contribution in [0, 0.1) is 0 Å². The minimum atomic E-state index is -4.37. The average Bonchev–Trinajstić information content (AvgIpc) is 3.47. The van der Waals surface area contributed by atoms with Gasteiger partial charge in [-0.15, -0.1) is 0 Å². The molecule has 0 radical (unpaired) electrons. The molecule has 8 nitrogen and oxygen atoms in total. The van der Waals surface area contributed by atoms with Gasteiger partial charge in [-0.25, -0.2) is 4.57 Å². The predicted octanol–water partition coefficient (Wildman–Crippen LogP) is 21.9. The first-order valence-electron chi connectivity index (χ1n) is 34.3. The summed E-state index contributed by atoms with van der Waals surface area (Å²) in [6, 6.07) is -0.865. The van der Waals surface area contributed by atoms with Crippen LogP contribution in [0.3, 0.4) is 0 Å². The van der Waals surface area contributed by atoms with Crippen molar-refractivity contribution in [2.75, 3.05) is 40.9 Å². The Kier molecular flexibility index (Phi) is 60.5. The van der Waals surface area contributed by atoms with Crippen molar-refractivity contribution in [2.24, 2.45) is 0 Å². The number of aliphatic hydroxyl groups is 1. The summed E-state index contributed by atoms with van der Waals surface area (Å²) in [4.78, 5) is 23.4. The summed E-state index contributed by atoms with van der Waals surface area (Å²) in [5.41, 5.74) is 0. The number of hydrogen-bond acceptors (Lipinski definition) is 5. The fraction of sp³-hybridized carbons (Fsp3) is 0.740. The molecule has 0 heterocycles. The Morgan fingerprint density at radius 3 is 1.07 bits per heavy atom. The molecule has 1 amide bonds. The maximum atomic E-state index is 13.0. The van der Waals surface area contributed by atoms with Crippen LogP contribution >= 0.6 is 7.82 Å². The van der Waals surface area contributed by atoms with Gasteiger partial charge in [0.2, 0.25) is 5.91 Å². The van der Waals surface area contributed by atoms with E-state index in [-0.39, 0.29) is 19.1 Å². The third-order valence-electron chi connectivity index (χ3n) is 15.0. The highest BCUT2D eigenvalue weighted by Crippen LogP contribution is 2.43. The monoisotopic (exact) mass is 1160 g/mol. The first-order valence-corrected chi connectivity index (χ1v) is 35.8. The minimum Gasteiger partial charge on any atom is -0.387 e. The predicted molar refractivity (Wildman–Crippen MR) is 359 cm³/mol. The zero-order chi connectivity index (χ0) is 59.8. The van der Waals surface area contributed by atoms with Gasteiger partial charge in [-0.2, -0.15) is 0 Å². The molecule has 0 aliphatic carbocycles. The molecule has 0 bridgehead atoms. The van der Waals surface area contributed by atoms with Crippen molar-refractivity contribution in [3.8, 4) is 0 Å². The molecule has 0 rings (SSSR count). The van der Waals surface area contributed by atoms with E-state index in [1.54, 1.807) is 6.08 Å². The van der Waals surface area contributed by atoms with Gasteiger partial charge >= 0.3 is 7.82 Å². The highest BCUT2D eigenvalue weighted by atomic mass is 31.2. The average molecular weight is 1160 g/mol. The van der Waals surface area contributed by atoms with Gasteiger partial charge in [-0.1, -0.05) is 316 Å². The molecule has 0 aromatic carbocycles. The summed E-state index contributed by atoms with van der Waals surface area (Å²) in [5.74, 6) is -0.193. The fourth-order valence-electron chi connectivity index (χ4n) is 9.71. The summed E-state index contributed by atoms with van der Waals surface area (Å²) in [6.07, 6.45) is 92.2. The number of phosphoric ester groups is 1. The van der Waals surface area contributed by atoms with Crippen molar-refractivity contribution in [1.29, 1.82) is 0 Å². The third-order valence-corrected chi connectivity index (χ3v) is 16.0. The number of allylic oxidation sites excluding steroid dienone is 17. The van der Waals surface area contributed by atoms with Gasteiger partial charge in [0.15, 0.2) is 0 Å². The van der Waals surface area contributed by atoms with Gasteiger partial charge in [0.1, 0.15) is 13.2 Å². The van der Waals surface area contributed by atoms with E-state index >= 15 is 0 Å². The van der Waals surface area contributed by atoms with Crippen LogP contribution in [0.1, 0.15) is 296 Å². The molecule has 3 unspecified atom stereocenters. The molecule has 3 N–H and O–H groups in total. The van der Waals surface area contributed by atoms with E-state index in [9.17, 15) is 19.4 Å². The van der Waals surface area contributed by atoms with Gasteiger partial charge in [-0.3, -0.25) is 13.8 Å². The number of quaternary nitrogens is 1. The van der Waals surface area contributed by atoms with Crippen LogP contribution in [-0.2, 0) is 18.4 Å². The lowest BCUT2D eigenvalue weighted by atomic mass is 10.0. The normalized spacial score (nSPS) is 14.4. The summed E-state index contributed by atoms with van der Waals surface area (Å²) in [6.45, 7) is 4.71. The lowest BCUT2D eigenvalue weighted by molar-refractivity contribution is -0.870. The van der Waals surface area contributed by atoms with Gasteiger partial charge in [0, 0.05) is 6.42 Å². The van der Waals surface area contributed by atoms with Crippen LogP contribution in [0.5, 0.6) is 0 Å². The second-order valence-electron chi connectivity index (χ2n) is 24.2. The first kappa shape index (κ1) is 79.2. The Hall–Kier alpha value is -2.84. The Labute approximate surface area is 508 Å². The zero-order valence-corrected chi connectivity index (χ0v) is 55.1. The quantitative estimate of drug-likeness (QED) is 0.0243. The maximum Gasteiger partial charge on any atom is 0.472 e. The lowest BCUT2D eigenvalue weighted by Crippen LogP contribution is -2.45. The van der Waals surface area contributed by atoms with Crippen molar-refractivity contribution in [1.82, 2.24) is 5.32 Å². The van der Waals surface area contributed by atoms with E-state index in [4.69, 9.17) is 9.05 Å². The Morgan fingerprint density at radius 2 is 0.732 bits per heavy atom. The number of carbonyl (C=O) groups is 1. The van der Waals surface area contributed by atoms with Crippen LogP contribution in [0.25, 0.3) is 0 Å². The van der Waals surface area contributed by atoms with Crippen LogP contribution < -0.4 is 5.32 Å². The number of carbonyl (C=O) groups excluding carboxylic acids is 1. The number of hydrogen-bond donors (Lipinski definition) is 3.